The first-order valence-corrected chi connectivity index (χ1v) is 23.7. The molecule has 12 heteroatoms. The van der Waals surface area contributed by atoms with Gasteiger partial charge in [-0.25, -0.2) is 14.4 Å². The van der Waals surface area contributed by atoms with Crippen LogP contribution in [0.1, 0.15) is 171 Å². The number of amides is 3. The van der Waals surface area contributed by atoms with Crippen LogP contribution in [0.2, 0.25) is 0 Å². The Morgan fingerprint density at radius 2 is 0.873 bits per heavy atom. The average molecular weight is 878 g/mol. The van der Waals surface area contributed by atoms with E-state index >= 15 is 0 Å². The molecule has 0 aliphatic heterocycles. The summed E-state index contributed by atoms with van der Waals surface area (Å²) in [7, 11) is 0. The molecule has 63 heavy (non-hydrogen) atoms. The van der Waals surface area contributed by atoms with Crippen LogP contribution in [0.4, 0.5) is 0 Å². The van der Waals surface area contributed by atoms with Crippen molar-refractivity contribution in [3.63, 3.8) is 0 Å². The molecular formula is C51H79N3O9. The molecule has 3 amide bonds. The maximum Gasteiger partial charge on any atom is 0.334 e. The zero-order chi connectivity index (χ0) is 47.0. The Bertz CT molecular complexity index is 1600. The van der Waals surface area contributed by atoms with Crippen molar-refractivity contribution in [2.45, 2.75) is 189 Å². The number of nitrogens with one attached hydrogen (secondary N) is 3. The molecule has 1 rings (SSSR count). The fourth-order valence-corrected chi connectivity index (χ4v) is 7.54. The summed E-state index contributed by atoms with van der Waals surface area (Å²) in [6, 6.07) is -2.88. The molecule has 0 heterocycles. The van der Waals surface area contributed by atoms with Crippen LogP contribution in [0.5, 0.6) is 0 Å². The second kappa shape index (κ2) is 33.8. The SMILES string of the molecule is C=C=C=C=C=C=C=COC(=O)C(CC(C)C)NC(=O)C1C[C@@H](C(=O)NC(CC(C)C)C(=O)OCCCCCCCC)C[C@@H](C(=O)NC(CC(C)C)C(=O)OCCCCCCCC)C1. The van der Waals surface area contributed by atoms with Crippen molar-refractivity contribution in [2.24, 2.45) is 35.5 Å². The van der Waals surface area contributed by atoms with Crippen LogP contribution in [0, 0.1) is 35.5 Å². The van der Waals surface area contributed by atoms with E-state index in [4.69, 9.17) is 14.2 Å². The number of hydrogen-bond donors (Lipinski definition) is 3. The van der Waals surface area contributed by atoms with E-state index < -0.39 is 71.5 Å². The van der Waals surface area contributed by atoms with Gasteiger partial charge in [0, 0.05) is 17.8 Å². The highest BCUT2D eigenvalue weighted by Crippen LogP contribution is 2.35. The minimum Gasteiger partial charge on any atom is -0.464 e. The first kappa shape index (κ1) is 56.3. The molecule has 1 fully saturated rings. The average Bonchev–Trinajstić information content (AvgIpc) is 3.23. The molecule has 0 bridgehead atoms. The Morgan fingerprint density at radius 1 is 0.524 bits per heavy atom. The number of rotatable bonds is 30. The lowest BCUT2D eigenvalue weighted by Gasteiger charge is -2.35. The number of esters is 3. The molecule has 4 unspecified atom stereocenters. The van der Waals surface area contributed by atoms with E-state index in [0.717, 1.165) is 70.5 Å². The molecule has 3 N–H and O–H groups in total. The van der Waals surface area contributed by atoms with Crippen molar-refractivity contribution in [3.05, 3.63) is 47.2 Å². The fourth-order valence-electron chi connectivity index (χ4n) is 7.54. The largest absolute Gasteiger partial charge is 0.464 e. The van der Waals surface area contributed by atoms with Gasteiger partial charge in [0.2, 0.25) is 17.7 Å². The van der Waals surface area contributed by atoms with E-state index in [1.165, 1.54) is 12.8 Å². The molecule has 0 spiro atoms. The summed E-state index contributed by atoms with van der Waals surface area (Å²) in [5.74, 6) is -5.69. The molecule has 6 atom stereocenters. The summed E-state index contributed by atoms with van der Waals surface area (Å²) in [6.45, 7) is 19.8. The molecule has 352 valence electrons. The van der Waals surface area contributed by atoms with Crippen molar-refractivity contribution < 1.29 is 43.0 Å². The third kappa shape index (κ3) is 25.8. The first-order valence-electron chi connectivity index (χ1n) is 23.7. The quantitative estimate of drug-likeness (QED) is 0.0210. The number of ether oxygens (including phenoxy) is 3. The smallest absolute Gasteiger partial charge is 0.334 e. The second-order valence-corrected chi connectivity index (χ2v) is 18.1. The van der Waals surface area contributed by atoms with Gasteiger partial charge in [-0.2, -0.15) is 0 Å². The third-order valence-corrected chi connectivity index (χ3v) is 10.8. The molecule has 1 aliphatic carbocycles. The van der Waals surface area contributed by atoms with Crippen molar-refractivity contribution >= 4 is 35.6 Å². The lowest BCUT2D eigenvalue weighted by atomic mass is 9.73. The van der Waals surface area contributed by atoms with Crippen LogP contribution in [0.15, 0.2) is 47.2 Å². The van der Waals surface area contributed by atoms with Gasteiger partial charge in [-0.05, 0) is 104 Å². The number of unbranched alkanes of at least 4 members (excludes halogenated alkanes) is 10. The van der Waals surface area contributed by atoms with Crippen LogP contribution in [0.3, 0.4) is 0 Å². The van der Waals surface area contributed by atoms with E-state index in [1.54, 1.807) is 0 Å². The minimum absolute atomic E-state index is 0.0122. The van der Waals surface area contributed by atoms with Crippen molar-refractivity contribution in [1.82, 2.24) is 16.0 Å². The maximum atomic E-state index is 14.2. The van der Waals surface area contributed by atoms with Gasteiger partial charge in [0.05, 0.1) is 13.2 Å². The van der Waals surface area contributed by atoms with Gasteiger partial charge in [-0.1, -0.05) is 125 Å². The van der Waals surface area contributed by atoms with Gasteiger partial charge in [0.25, 0.3) is 0 Å². The summed E-state index contributed by atoms with van der Waals surface area (Å²) >= 11 is 0. The predicted molar refractivity (Wildman–Crippen MR) is 245 cm³/mol. The third-order valence-electron chi connectivity index (χ3n) is 10.8. The zero-order valence-corrected chi connectivity index (χ0v) is 39.8. The number of carbonyl (C=O) groups excluding carboxylic acids is 6. The Balaban J connectivity index is 3.38. The molecule has 0 aromatic carbocycles. The van der Waals surface area contributed by atoms with Crippen LogP contribution >= 0.6 is 0 Å². The van der Waals surface area contributed by atoms with Crippen LogP contribution in [-0.2, 0) is 43.0 Å². The minimum atomic E-state index is -1.05. The van der Waals surface area contributed by atoms with Crippen LogP contribution in [-0.4, -0.2) is 67.0 Å². The summed E-state index contributed by atoms with van der Waals surface area (Å²) in [5.41, 5.74) is 14.8. The van der Waals surface area contributed by atoms with Crippen LogP contribution in [0.25, 0.3) is 0 Å². The van der Waals surface area contributed by atoms with Gasteiger partial charge in [0.15, 0.2) is 0 Å². The van der Waals surface area contributed by atoms with Crippen LogP contribution < -0.4 is 16.0 Å². The number of hydrogen-bond acceptors (Lipinski definition) is 9. The molecule has 1 aliphatic rings. The first-order chi connectivity index (χ1) is 30.1. The number of carbonyl (C=O) groups is 6. The van der Waals surface area contributed by atoms with E-state index in [0.29, 0.717) is 12.8 Å². The normalized spacial score (nSPS) is 17.0. The van der Waals surface area contributed by atoms with Gasteiger partial charge < -0.3 is 30.2 Å². The Hall–Kier alpha value is -4.76. The van der Waals surface area contributed by atoms with E-state index in [9.17, 15) is 28.8 Å². The maximum absolute atomic E-state index is 14.2. The molecule has 0 saturated heterocycles. The Morgan fingerprint density at radius 3 is 1.24 bits per heavy atom. The second-order valence-electron chi connectivity index (χ2n) is 18.1. The molecular weight excluding hydrogens is 799 g/mol. The monoisotopic (exact) mass is 878 g/mol. The standard InChI is InChI=1S/C51H79N3O9/c1-10-13-16-19-22-25-28-61-49(58)43(31-37(4)5)52-46(55)40-34-41(47(56)53-44(32-38(6)7)50(59)62-29-26-23-20-17-14-11-2)36-42(35-40)48(57)54-45(33-39(8)9)51(60)63-30-27-24-21-18-15-12-3/h28,37-45H,1,11-12,14-15,17-18,20-21,23-24,26-27,29-36H2,2-9H3,(H,52,55)(H,53,56)(H,54,57)/t40?,41-,42+,43?,44?,45?. The highest BCUT2D eigenvalue weighted by Gasteiger charge is 2.42. The van der Waals surface area contributed by atoms with Crippen molar-refractivity contribution in [3.8, 4) is 0 Å². The van der Waals surface area contributed by atoms with Crippen molar-refractivity contribution in [1.29, 1.82) is 0 Å². The Kier molecular flexibility index (Phi) is 30.1. The van der Waals surface area contributed by atoms with Gasteiger partial charge in [-0.3, -0.25) is 14.4 Å². The van der Waals surface area contributed by atoms with E-state index in [-0.39, 0.29) is 56.7 Å². The van der Waals surface area contributed by atoms with Gasteiger partial charge in [-0.15, -0.1) is 0 Å². The predicted octanol–water partition coefficient (Wildman–Crippen LogP) is 9.04. The Labute approximate surface area is 378 Å². The summed E-state index contributed by atoms with van der Waals surface area (Å²) in [6.07, 6.45) is 14.5. The molecule has 0 aromatic heterocycles. The lowest BCUT2D eigenvalue weighted by Crippen LogP contribution is -2.52. The van der Waals surface area contributed by atoms with E-state index in [2.05, 4.69) is 70.8 Å². The molecule has 0 aromatic rings. The topological polar surface area (TPSA) is 166 Å². The van der Waals surface area contributed by atoms with Gasteiger partial charge >= 0.3 is 17.9 Å². The van der Waals surface area contributed by atoms with Gasteiger partial charge in [0.1, 0.15) is 24.4 Å². The fraction of sp³-hybridized carbons (Fsp3) is 0.725. The summed E-state index contributed by atoms with van der Waals surface area (Å²) in [4.78, 5) is 82.3. The lowest BCUT2D eigenvalue weighted by molar-refractivity contribution is -0.150. The highest BCUT2D eigenvalue weighted by atomic mass is 16.5. The van der Waals surface area contributed by atoms with Crippen molar-refractivity contribution in [2.75, 3.05) is 13.2 Å². The summed E-state index contributed by atoms with van der Waals surface area (Å²) in [5, 5.41) is 8.62. The molecule has 1 saturated carbocycles. The summed E-state index contributed by atoms with van der Waals surface area (Å²) < 4.78 is 16.5. The van der Waals surface area contributed by atoms with E-state index in [1.807, 2.05) is 41.5 Å². The zero-order valence-electron chi connectivity index (χ0n) is 39.8. The highest BCUT2D eigenvalue weighted by molar-refractivity contribution is 5.91. The molecule has 0 radical (unpaired) electrons. The molecule has 12 nitrogen and oxygen atoms in total.